The molecule has 0 saturated heterocycles. The number of hydrogen-bond acceptors (Lipinski definition) is 5. The van der Waals surface area contributed by atoms with E-state index in [4.69, 9.17) is 12.2 Å². The van der Waals surface area contributed by atoms with Crippen LogP contribution in [-0.2, 0) is 6.54 Å². The number of H-pyrrole nitrogens is 1. The Morgan fingerprint density at radius 3 is 2.70 bits per heavy atom. The van der Waals surface area contributed by atoms with Crippen molar-refractivity contribution >= 4 is 41.5 Å². The first-order valence-corrected chi connectivity index (χ1v) is 8.54. The van der Waals surface area contributed by atoms with Crippen LogP contribution in [0.25, 0.3) is 11.6 Å². The van der Waals surface area contributed by atoms with E-state index in [9.17, 15) is 15.2 Å². The number of aromatic nitrogens is 2. The largest absolute Gasteiger partial charge is 0.493 e. The zero-order valence-corrected chi connectivity index (χ0v) is 14.8. The Bertz CT molecular complexity index is 1160. The van der Waals surface area contributed by atoms with Crippen molar-refractivity contribution in [2.75, 3.05) is 0 Å². The zero-order valence-electron chi connectivity index (χ0n) is 14.0. The van der Waals surface area contributed by atoms with E-state index in [1.807, 2.05) is 24.3 Å². The molecule has 2 heterocycles. The quantitative estimate of drug-likeness (QED) is 0.398. The van der Waals surface area contributed by atoms with Gasteiger partial charge in [0.05, 0.1) is 17.2 Å². The average molecular weight is 378 g/mol. The first-order chi connectivity index (χ1) is 13.0. The molecule has 2 N–H and O–H groups in total. The zero-order chi connectivity index (χ0) is 19.0. The fourth-order valence-corrected chi connectivity index (χ4v) is 3.20. The Labute approximate surface area is 159 Å². The number of aromatic hydroxyl groups is 1. The molecule has 4 rings (SSSR count). The fourth-order valence-electron chi connectivity index (χ4n) is 2.94. The summed E-state index contributed by atoms with van der Waals surface area (Å²) in [6.07, 6.45) is 3.54. The molecule has 3 aromatic rings. The highest BCUT2D eigenvalue weighted by Gasteiger charge is 2.15. The smallest absolute Gasteiger partial charge is 0.269 e. The van der Waals surface area contributed by atoms with E-state index in [0.29, 0.717) is 17.0 Å². The van der Waals surface area contributed by atoms with Crippen LogP contribution in [-0.4, -0.2) is 25.8 Å². The van der Waals surface area contributed by atoms with Crippen molar-refractivity contribution in [1.82, 2.24) is 9.55 Å². The van der Waals surface area contributed by atoms with Gasteiger partial charge in [-0.05, 0) is 29.9 Å². The molecular formula is C19H14N4O3S. The van der Waals surface area contributed by atoms with Gasteiger partial charge in [0.1, 0.15) is 5.69 Å². The maximum atomic E-state index is 10.8. The van der Waals surface area contributed by atoms with Crippen molar-refractivity contribution in [3.05, 3.63) is 80.2 Å². The van der Waals surface area contributed by atoms with Crippen molar-refractivity contribution in [1.29, 1.82) is 0 Å². The first-order valence-electron chi connectivity index (χ1n) is 8.13. The van der Waals surface area contributed by atoms with Crippen LogP contribution < -0.4 is 0 Å². The molecule has 0 atom stereocenters. The highest BCUT2D eigenvalue weighted by atomic mass is 32.1. The number of nitro groups is 1. The Balaban J connectivity index is 1.65. The number of non-ortho nitro benzene ring substituents is 1. The summed E-state index contributed by atoms with van der Waals surface area (Å²) >= 11 is 5.32. The van der Waals surface area contributed by atoms with Gasteiger partial charge < -0.3 is 10.1 Å². The molecule has 1 aliphatic rings. The molecule has 134 valence electrons. The summed E-state index contributed by atoms with van der Waals surface area (Å²) in [5.74, 6) is 0.00336. The first kappa shape index (κ1) is 16.9. The van der Waals surface area contributed by atoms with Gasteiger partial charge in [-0.1, -0.05) is 30.3 Å². The molecule has 0 unspecified atom stereocenters. The van der Waals surface area contributed by atoms with E-state index < -0.39 is 4.92 Å². The van der Waals surface area contributed by atoms with Crippen LogP contribution in [0.4, 0.5) is 11.4 Å². The van der Waals surface area contributed by atoms with Gasteiger partial charge >= 0.3 is 0 Å². The number of benzene rings is 2. The van der Waals surface area contributed by atoms with Crippen molar-refractivity contribution in [3.8, 4) is 5.88 Å². The van der Waals surface area contributed by atoms with Crippen molar-refractivity contribution in [2.24, 2.45) is 4.99 Å². The average Bonchev–Trinajstić information content (AvgIpc) is 3.19. The molecule has 0 saturated carbocycles. The van der Waals surface area contributed by atoms with Crippen molar-refractivity contribution in [2.45, 2.75) is 6.54 Å². The molecule has 0 radical (unpaired) electrons. The van der Waals surface area contributed by atoms with Gasteiger partial charge in [0.15, 0.2) is 4.77 Å². The standard InChI is InChI=1S/C19H14N4O3S/c24-18-17(9-13-10-20-16-4-2-1-3-15(13)16)21-19(27)22(18)11-12-5-7-14(8-6-12)23(25)26/h1-10,24H,11H2,(H,21,27)/b13-9+. The van der Waals surface area contributed by atoms with Crippen molar-refractivity contribution in [3.63, 3.8) is 0 Å². The molecular weight excluding hydrogens is 364 g/mol. The second-order valence-corrected chi connectivity index (χ2v) is 6.44. The number of allylic oxidation sites excluding steroid dienone is 1. The molecule has 8 heteroatoms. The number of hydrogen-bond donors (Lipinski definition) is 2. The van der Waals surface area contributed by atoms with Gasteiger partial charge in [0, 0.05) is 29.5 Å². The summed E-state index contributed by atoms with van der Waals surface area (Å²) in [6.45, 7) is 0.299. The molecule has 27 heavy (non-hydrogen) atoms. The third-order valence-electron chi connectivity index (χ3n) is 4.33. The van der Waals surface area contributed by atoms with Gasteiger partial charge in [-0.25, -0.2) is 0 Å². The molecule has 2 aromatic carbocycles. The van der Waals surface area contributed by atoms with E-state index in [1.165, 1.54) is 12.1 Å². The van der Waals surface area contributed by atoms with Gasteiger partial charge in [-0.2, -0.15) is 0 Å². The number of para-hydroxylation sites is 1. The summed E-state index contributed by atoms with van der Waals surface area (Å²) in [7, 11) is 0. The number of aromatic amines is 1. The Kier molecular flexibility index (Phi) is 4.17. The molecule has 0 aliphatic carbocycles. The number of rotatable bonds is 4. The van der Waals surface area contributed by atoms with Crippen LogP contribution in [0.2, 0.25) is 0 Å². The van der Waals surface area contributed by atoms with E-state index >= 15 is 0 Å². The number of fused-ring (bicyclic) bond motifs is 1. The summed E-state index contributed by atoms with van der Waals surface area (Å²) in [4.78, 5) is 17.7. The molecule has 1 aliphatic heterocycles. The Morgan fingerprint density at radius 2 is 1.96 bits per heavy atom. The Hall–Kier alpha value is -3.52. The maximum Gasteiger partial charge on any atom is 0.269 e. The van der Waals surface area contributed by atoms with Gasteiger partial charge in [-0.3, -0.25) is 19.7 Å². The lowest BCUT2D eigenvalue weighted by Gasteiger charge is -2.05. The van der Waals surface area contributed by atoms with Crippen molar-refractivity contribution < 1.29 is 10.0 Å². The summed E-state index contributed by atoms with van der Waals surface area (Å²) in [6, 6.07) is 13.9. The molecule has 0 spiro atoms. The lowest BCUT2D eigenvalue weighted by atomic mass is 10.1. The minimum absolute atomic E-state index is 0.00336. The predicted molar refractivity (Wildman–Crippen MR) is 106 cm³/mol. The lowest BCUT2D eigenvalue weighted by molar-refractivity contribution is -0.384. The minimum Gasteiger partial charge on any atom is -0.493 e. The van der Waals surface area contributed by atoms with E-state index in [0.717, 1.165) is 22.4 Å². The Morgan fingerprint density at radius 1 is 1.22 bits per heavy atom. The highest BCUT2D eigenvalue weighted by molar-refractivity contribution is 7.71. The number of nitrogens with one attached hydrogen (secondary N) is 1. The van der Waals surface area contributed by atoms with E-state index in [2.05, 4.69) is 9.98 Å². The summed E-state index contributed by atoms with van der Waals surface area (Å²) in [5, 5.41) is 21.3. The minimum atomic E-state index is -0.450. The number of nitro benzene ring substituents is 1. The van der Waals surface area contributed by atoms with Crippen LogP contribution in [0.1, 0.15) is 16.8 Å². The molecule has 0 fully saturated rings. The second kappa shape index (κ2) is 6.65. The van der Waals surface area contributed by atoms with Crippen LogP contribution >= 0.6 is 12.2 Å². The maximum absolute atomic E-state index is 10.8. The molecule has 0 bridgehead atoms. The van der Waals surface area contributed by atoms with E-state index in [-0.39, 0.29) is 11.6 Å². The van der Waals surface area contributed by atoms with Gasteiger partial charge in [0.2, 0.25) is 5.88 Å². The fraction of sp³-hybridized carbons (Fsp3) is 0.0526. The van der Waals surface area contributed by atoms with Crippen LogP contribution in [0.5, 0.6) is 5.88 Å². The monoisotopic (exact) mass is 378 g/mol. The van der Waals surface area contributed by atoms with Crippen LogP contribution in [0, 0.1) is 14.9 Å². The van der Waals surface area contributed by atoms with Crippen LogP contribution in [0.3, 0.4) is 0 Å². The van der Waals surface area contributed by atoms with E-state index in [1.54, 1.807) is 29.0 Å². The van der Waals surface area contributed by atoms with Gasteiger partial charge in [0.25, 0.3) is 5.69 Å². The second-order valence-electron chi connectivity index (χ2n) is 6.05. The third-order valence-corrected chi connectivity index (χ3v) is 4.65. The topological polar surface area (TPSA) is 96.4 Å². The SMILES string of the molecule is O=[N+]([O-])c1ccc(Cn2c(O)c(/C=C3\C=Nc4ccccc43)[nH]c2=S)cc1. The molecule has 7 nitrogen and oxygen atoms in total. The highest BCUT2D eigenvalue weighted by Crippen LogP contribution is 2.33. The lowest BCUT2D eigenvalue weighted by Crippen LogP contribution is -1.99. The van der Waals surface area contributed by atoms with Crippen LogP contribution in [0.15, 0.2) is 53.5 Å². The number of nitrogens with zero attached hydrogens (tertiary/aromatic N) is 3. The predicted octanol–water partition coefficient (Wildman–Crippen LogP) is 4.46. The van der Waals surface area contributed by atoms with Gasteiger partial charge in [-0.15, -0.1) is 0 Å². The molecule has 1 aromatic heterocycles. The third kappa shape index (κ3) is 3.18. The number of imidazole rings is 1. The summed E-state index contributed by atoms with van der Waals surface area (Å²) < 4.78 is 1.90. The molecule has 0 amide bonds. The number of aliphatic imine (C=N–C) groups is 1. The summed E-state index contributed by atoms with van der Waals surface area (Å²) in [5.41, 5.74) is 4.04. The normalized spacial score (nSPS) is 13.9.